The van der Waals surface area contributed by atoms with Gasteiger partial charge in [0.25, 0.3) is 5.91 Å². The number of fused-ring (bicyclic) bond motifs is 1. The van der Waals surface area contributed by atoms with Crippen LogP contribution in [0.5, 0.6) is 0 Å². The van der Waals surface area contributed by atoms with E-state index >= 15 is 0 Å². The molecule has 2 aromatic heterocycles. The van der Waals surface area contributed by atoms with Crippen molar-refractivity contribution in [3.05, 3.63) is 58.4 Å². The maximum Gasteiger partial charge on any atom is 0.251 e. The van der Waals surface area contributed by atoms with Gasteiger partial charge in [0.2, 0.25) is 5.65 Å². The minimum atomic E-state index is -0.195. The van der Waals surface area contributed by atoms with E-state index in [9.17, 15) is 4.79 Å². The van der Waals surface area contributed by atoms with E-state index in [4.69, 9.17) is 16.1 Å². The summed E-state index contributed by atoms with van der Waals surface area (Å²) in [6, 6.07) is 7.29. The van der Waals surface area contributed by atoms with Crippen molar-refractivity contribution >= 4 is 29.0 Å². The molecule has 9 heteroatoms. The number of aromatic nitrogens is 3. The number of nitrogen functional groups attached to an aromatic ring is 1. The van der Waals surface area contributed by atoms with Crippen LogP contribution in [-0.2, 0) is 6.42 Å². The zero-order valence-corrected chi connectivity index (χ0v) is 15.7. The lowest BCUT2D eigenvalue weighted by Gasteiger charge is -2.10. The van der Waals surface area contributed by atoms with Gasteiger partial charge in [-0.05, 0) is 34.9 Å². The Morgan fingerprint density at radius 3 is 2.75 bits per heavy atom. The summed E-state index contributed by atoms with van der Waals surface area (Å²) in [7, 11) is 1.77. The molecule has 1 aromatic carbocycles. The molecule has 28 heavy (non-hydrogen) atoms. The van der Waals surface area contributed by atoms with Crippen LogP contribution in [0.3, 0.4) is 0 Å². The Labute approximate surface area is 161 Å². The lowest BCUT2D eigenvalue weighted by molar-refractivity contribution is -0.413. The van der Waals surface area contributed by atoms with Gasteiger partial charge in [0.15, 0.2) is 11.7 Å². The highest BCUT2D eigenvalue weighted by molar-refractivity contribution is 5.94. The maximum absolute atomic E-state index is 12.2. The van der Waals surface area contributed by atoms with E-state index in [2.05, 4.69) is 25.6 Å². The van der Waals surface area contributed by atoms with Crippen LogP contribution >= 0.6 is 0 Å². The first-order valence-corrected chi connectivity index (χ1v) is 8.69. The smallest absolute Gasteiger partial charge is 0.251 e. The fraction of sp³-hybridized carbons (Fsp3) is 0.211. The molecule has 9 nitrogen and oxygen atoms in total. The highest BCUT2D eigenvalue weighted by Crippen LogP contribution is 2.25. The van der Waals surface area contributed by atoms with Crippen LogP contribution in [0, 0.1) is 6.92 Å². The predicted octanol–water partition coefficient (Wildman–Crippen LogP) is -0.547. The molecule has 0 radical (unpaired) electrons. The number of allylic oxidation sites excluding steroid dienone is 1. The molecular formula is C19H22N7O2+. The molecule has 0 bridgehead atoms. The standard InChI is InChI=1S/C19H21N7O2/c1-11-15(16(21)17-18(24-11)26-28-25-17)9-12-3-5-13(6-4-12)19(27)23-10-14(20)7-8-22-2/h3-8H,9-10,20-21H2,1-2H3,(H,23,27)/p+1. The number of nitrogens with one attached hydrogen (secondary N) is 2. The van der Waals surface area contributed by atoms with Gasteiger partial charge in [-0.1, -0.05) is 12.1 Å². The number of nitrogens with two attached hydrogens (primary N) is 2. The Balaban J connectivity index is 1.70. The summed E-state index contributed by atoms with van der Waals surface area (Å²) in [5.41, 5.74) is 17.1. The van der Waals surface area contributed by atoms with Crippen molar-refractivity contribution in [2.45, 2.75) is 13.3 Å². The van der Waals surface area contributed by atoms with Gasteiger partial charge in [0, 0.05) is 35.0 Å². The average molecular weight is 380 g/mol. The first-order valence-electron chi connectivity index (χ1n) is 8.69. The Morgan fingerprint density at radius 2 is 2.04 bits per heavy atom. The Bertz CT molecular complexity index is 1050. The molecule has 0 unspecified atom stereocenters. The number of rotatable bonds is 6. The minimum absolute atomic E-state index is 0.195. The normalized spacial score (nSPS) is 12.0. The molecular weight excluding hydrogens is 358 g/mol. The number of aryl methyl sites for hydroxylation is 1. The van der Waals surface area contributed by atoms with Crippen molar-refractivity contribution in [3.8, 4) is 0 Å². The molecule has 3 rings (SSSR count). The number of carbonyl (C=O) groups excluding carboxylic acids is 1. The second-order valence-corrected chi connectivity index (χ2v) is 6.28. The summed E-state index contributed by atoms with van der Waals surface area (Å²) in [6.07, 6.45) is 3.96. The number of pyridine rings is 1. The summed E-state index contributed by atoms with van der Waals surface area (Å²) in [5.74, 6) is -0.195. The van der Waals surface area contributed by atoms with Gasteiger partial charge >= 0.3 is 0 Å². The van der Waals surface area contributed by atoms with Gasteiger partial charge in [-0.2, -0.15) is 0 Å². The minimum Gasteiger partial charge on any atom is -0.400 e. The summed E-state index contributed by atoms with van der Waals surface area (Å²) >= 11 is 0. The summed E-state index contributed by atoms with van der Waals surface area (Å²) in [5, 5.41) is 10.3. The third-order valence-corrected chi connectivity index (χ3v) is 4.28. The number of amides is 1. The first kappa shape index (κ1) is 19.0. The largest absolute Gasteiger partial charge is 0.400 e. The van der Waals surface area contributed by atoms with Gasteiger partial charge < -0.3 is 16.8 Å². The number of benzene rings is 1. The molecule has 0 aliphatic rings. The van der Waals surface area contributed by atoms with E-state index in [1.54, 1.807) is 31.5 Å². The predicted molar refractivity (Wildman–Crippen MR) is 106 cm³/mol. The van der Waals surface area contributed by atoms with E-state index < -0.39 is 0 Å². The van der Waals surface area contributed by atoms with Gasteiger partial charge in [-0.25, -0.2) is 9.61 Å². The monoisotopic (exact) mass is 380 g/mol. The van der Waals surface area contributed by atoms with Crippen LogP contribution in [0.1, 0.15) is 27.2 Å². The molecule has 0 aliphatic carbocycles. The topological polar surface area (TPSA) is 147 Å². The van der Waals surface area contributed by atoms with Crippen LogP contribution < -0.4 is 21.8 Å². The molecule has 0 saturated heterocycles. The number of hydrogen-bond donors (Lipinski definition) is 4. The second kappa shape index (κ2) is 8.30. The van der Waals surface area contributed by atoms with Gasteiger partial charge in [-0.15, -0.1) is 0 Å². The first-order chi connectivity index (χ1) is 13.5. The lowest BCUT2D eigenvalue weighted by atomic mass is 10.0. The van der Waals surface area contributed by atoms with Crippen LogP contribution in [0.15, 0.2) is 40.7 Å². The van der Waals surface area contributed by atoms with Gasteiger partial charge in [0.05, 0.1) is 12.2 Å². The van der Waals surface area contributed by atoms with E-state index in [1.807, 2.05) is 19.1 Å². The van der Waals surface area contributed by atoms with E-state index in [-0.39, 0.29) is 12.5 Å². The Hall–Kier alpha value is -3.75. The summed E-state index contributed by atoms with van der Waals surface area (Å²) in [4.78, 5) is 19.4. The maximum atomic E-state index is 12.2. The molecule has 0 spiro atoms. The van der Waals surface area contributed by atoms with Crippen LogP contribution in [-0.4, -0.2) is 41.0 Å². The average Bonchev–Trinajstić information content (AvgIpc) is 3.16. The van der Waals surface area contributed by atoms with E-state index in [0.29, 0.717) is 34.5 Å². The molecule has 3 aromatic rings. The molecule has 2 heterocycles. The fourth-order valence-corrected chi connectivity index (χ4v) is 2.73. The highest BCUT2D eigenvalue weighted by atomic mass is 16.6. The lowest BCUT2D eigenvalue weighted by Crippen LogP contribution is -2.62. The van der Waals surface area contributed by atoms with Crippen molar-refractivity contribution in [1.29, 1.82) is 0 Å². The third-order valence-electron chi connectivity index (χ3n) is 4.28. The van der Waals surface area contributed by atoms with Crippen molar-refractivity contribution in [1.82, 2.24) is 20.6 Å². The van der Waals surface area contributed by atoms with E-state index in [1.165, 1.54) is 0 Å². The van der Waals surface area contributed by atoms with Crippen molar-refractivity contribution in [3.63, 3.8) is 0 Å². The Kier molecular flexibility index (Phi) is 5.64. The Morgan fingerprint density at radius 1 is 1.29 bits per heavy atom. The zero-order valence-electron chi connectivity index (χ0n) is 15.7. The summed E-state index contributed by atoms with van der Waals surface area (Å²) in [6.45, 7) is 2.14. The van der Waals surface area contributed by atoms with E-state index in [0.717, 1.165) is 16.8 Å². The molecule has 0 aliphatic heterocycles. The number of nitrogens with zero attached hydrogens (tertiary/aromatic N) is 3. The molecule has 144 valence electrons. The van der Waals surface area contributed by atoms with Gasteiger partial charge in [-0.3, -0.25) is 9.79 Å². The molecule has 0 fully saturated rings. The number of anilines is 1. The SMILES string of the molecule is C[NH+]=CC=C(N)CNC(=O)c1ccc(Cc2c(C)nc3nonc3c2N)cc1. The van der Waals surface area contributed by atoms with Crippen molar-refractivity contribution in [2.75, 3.05) is 19.3 Å². The highest BCUT2D eigenvalue weighted by Gasteiger charge is 2.15. The molecule has 6 N–H and O–H groups in total. The molecule has 0 saturated carbocycles. The summed E-state index contributed by atoms with van der Waals surface area (Å²) < 4.78 is 4.70. The van der Waals surface area contributed by atoms with Gasteiger partial charge in [0.1, 0.15) is 7.05 Å². The number of carbonyl (C=O) groups is 1. The molecule has 0 atom stereocenters. The number of hydrogen-bond acceptors (Lipinski definition) is 7. The zero-order chi connectivity index (χ0) is 20.1. The second-order valence-electron chi connectivity index (χ2n) is 6.28. The molecule has 1 amide bonds. The van der Waals surface area contributed by atoms with Crippen LogP contribution in [0.25, 0.3) is 11.2 Å². The quantitative estimate of drug-likeness (QED) is 0.420. The third kappa shape index (κ3) is 4.14. The van der Waals surface area contributed by atoms with Crippen molar-refractivity contribution < 1.29 is 14.4 Å². The van der Waals surface area contributed by atoms with Crippen LogP contribution in [0.2, 0.25) is 0 Å². The fourth-order valence-electron chi connectivity index (χ4n) is 2.73. The van der Waals surface area contributed by atoms with Crippen LogP contribution in [0.4, 0.5) is 5.69 Å². The van der Waals surface area contributed by atoms with Crippen molar-refractivity contribution in [2.24, 2.45) is 5.73 Å².